The fraction of sp³-hybridized carbons (Fsp3) is 0.529. The van der Waals surface area contributed by atoms with Gasteiger partial charge in [-0.25, -0.2) is 0 Å². The van der Waals surface area contributed by atoms with Crippen molar-refractivity contribution in [1.29, 1.82) is 0 Å². The molecule has 2 N–H and O–H groups in total. The predicted molar refractivity (Wildman–Crippen MR) is 84.2 cm³/mol. The first kappa shape index (κ1) is 15.9. The Kier molecular flexibility index (Phi) is 6.08. The van der Waals surface area contributed by atoms with Crippen molar-refractivity contribution < 1.29 is 8.83 Å². The first-order valence-corrected chi connectivity index (χ1v) is 7.73. The van der Waals surface area contributed by atoms with Gasteiger partial charge in [0.2, 0.25) is 0 Å². The van der Waals surface area contributed by atoms with Crippen molar-refractivity contribution in [2.24, 2.45) is 0 Å². The zero-order valence-corrected chi connectivity index (χ0v) is 13.2. The summed E-state index contributed by atoms with van der Waals surface area (Å²) in [5.74, 6) is 1.97. The number of aryl methyl sites for hydroxylation is 1. The molecule has 0 bridgehead atoms. The van der Waals surface area contributed by atoms with Crippen molar-refractivity contribution >= 4 is 0 Å². The average molecular weight is 290 g/mol. The smallest absolute Gasteiger partial charge is 0.121 e. The Morgan fingerprint density at radius 2 is 1.95 bits per heavy atom. The molecule has 2 heterocycles. The second-order valence-corrected chi connectivity index (χ2v) is 5.43. The molecule has 21 heavy (non-hydrogen) atoms. The minimum Gasteiger partial charge on any atom is -0.472 e. The van der Waals surface area contributed by atoms with Gasteiger partial charge in [0, 0.05) is 11.6 Å². The summed E-state index contributed by atoms with van der Waals surface area (Å²) in [5.41, 5.74) is 1.22. The minimum absolute atomic E-state index is 0.247. The van der Waals surface area contributed by atoms with Crippen LogP contribution in [0, 0.1) is 6.92 Å². The summed E-state index contributed by atoms with van der Waals surface area (Å²) in [7, 11) is 1.98. The molecule has 0 amide bonds. The molecule has 0 aliphatic rings. The molecule has 116 valence electrons. The van der Waals surface area contributed by atoms with Gasteiger partial charge in [-0.1, -0.05) is 6.92 Å². The maximum absolute atomic E-state index is 5.74. The number of hydrogen-bond donors (Lipinski definition) is 2. The summed E-state index contributed by atoms with van der Waals surface area (Å²) >= 11 is 0. The van der Waals surface area contributed by atoms with E-state index in [1.165, 1.54) is 5.56 Å². The van der Waals surface area contributed by atoms with Crippen LogP contribution in [0.2, 0.25) is 0 Å². The van der Waals surface area contributed by atoms with E-state index >= 15 is 0 Å². The largest absolute Gasteiger partial charge is 0.472 e. The van der Waals surface area contributed by atoms with Crippen molar-refractivity contribution in [3.8, 4) is 0 Å². The molecular weight excluding hydrogens is 264 g/mol. The van der Waals surface area contributed by atoms with E-state index in [0.717, 1.165) is 37.3 Å². The van der Waals surface area contributed by atoms with Gasteiger partial charge >= 0.3 is 0 Å². The van der Waals surface area contributed by atoms with Gasteiger partial charge in [-0.15, -0.1) is 0 Å². The number of hydrogen-bond acceptors (Lipinski definition) is 4. The quantitative estimate of drug-likeness (QED) is 0.734. The highest BCUT2D eigenvalue weighted by Crippen LogP contribution is 2.26. The van der Waals surface area contributed by atoms with E-state index in [1.807, 2.05) is 32.4 Å². The summed E-state index contributed by atoms with van der Waals surface area (Å²) < 4.78 is 11.0. The number of rotatable bonds is 9. The van der Waals surface area contributed by atoms with Crippen molar-refractivity contribution in [1.82, 2.24) is 10.6 Å². The van der Waals surface area contributed by atoms with Crippen LogP contribution in [0.25, 0.3) is 0 Å². The third-order valence-electron chi connectivity index (χ3n) is 3.78. The Hall–Kier alpha value is -1.52. The summed E-state index contributed by atoms with van der Waals surface area (Å²) in [6.07, 6.45) is 6.74. The highest BCUT2D eigenvalue weighted by molar-refractivity contribution is 5.13. The first-order valence-electron chi connectivity index (χ1n) is 7.73. The van der Waals surface area contributed by atoms with Gasteiger partial charge in [-0.2, -0.15) is 0 Å². The molecule has 2 aromatic heterocycles. The monoisotopic (exact) mass is 290 g/mol. The first-order chi connectivity index (χ1) is 10.2. The molecule has 2 unspecified atom stereocenters. The van der Waals surface area contributed by atoms with Crippen molar-refractivity contribution in [3.63, 3.8) is 0 Å². The van der Waals surface area contributed by atoms with Crippen LogP contribution in [0.4, 0.5) is 0 Å². The van der Waals surface area contributed by atoms with Crippen molar-refractivity contribution in [3.05, 3.63) is 47.8 Å². The van der Waals surface area contributed by atoms with E-state index < -0.39 is 0 Å². The molecule has 0 aliphatic carbocycles. The van der Waals surface area contributed by atoms with Crippen LogP contribution in [-0.4, -0.2) is 13.6 Å². The molecule has 0 saturated carbocycles. The lowest BCUT2D eigenvalue weighted by molar-refractivity contribution is 0.372. The average Bonchev–Trinajstić information content (AvgIpc) is 3.14. The standard InChI is InChI=1S/C17H26N2O2/c1-4-10-19-15(14-9-11-20-12-14)6-7-16(18-3)17-8-5-13(2)21-17/h5,8-9,11-12,15-16,18-19H,4,6-7,10H2,1-3H3. The molecule has 0 saturated heterocycles. The van der Waals surface area contributed by atoms with Gasteiger partial charge in [-0.05, 0) is 58.0 Å². The summed E-state index contributed by atoms with van der Waals surface area (Å²) in [6, 6.07) is 6.69. The summed E-state index contributed by atoms with van der Waals surface area (Å²) in [4.78, 5) is 0. The lowest BCUT2D eigenvalue weighted by Gasteiger charge is -2.20. The highest BCUT2D eigenvalue weighted by atomic mass is 16.3. The molecule has 0 radical (unpaired) electrons. The topological polar surface area (TPSA) is 50.3 Å². The van der Waals surface area contributed by atoms with Gasteiger partial charge in [-0.3, -0.25) is 0 Å². The number of furan rings is 2. The molecular formula is C17H26N2O2. The molecule has 2 atom stereocenters. The molecule has 0 spiro atoms. The molecule has 0 fully saturated rings. The lowest BCUT2D eigenvalue weighted by atomic mass is 10.00. The van der Waals surface area contributed by atoms with Gasteiger partial charge < -0.3 is 19.5 Å². The summed E-state index contributed by atoms with van der Waals surface area (Å²) in [6.45, 7) is 5.18. The Morgan fingerprint density at radius 1 is 1.14 bits per heavy atom. The molecule has 0 aliphatic heterocycles. The maximum atomic E-state index is 5.74. The van der Waals surface area contributed by atoms with E-state index in [4.69, 9.17) is 8.83 Å². The fourth-order valence-corrected chi connectivity index (χ4v) is 2.58. The van der Waals surface area contributed by atoms with E-state index in [1.54, 1.807) is 6.26 Å². The van der Waals surface area contributed by atoms with Gasteiger partial charge in [0.25, 0.3) is 0 Å². The van der Waals surface area contributed by atoms with Crippen LogP contribution < -0.4 is 10.6 Å². The van der Waals surface area contributed by atoms with E-state index in [0.29, 0.717) is 6.04 Å². The maximum Gasteiger partial charge on any atom is 0.121 e. The zero-order valence-electron chi connectivity index (χ0n) is 13.2. The highest BCUT2D eigenvalue weighted by Gasteiger charge is 2.18. The molecule has 2 rings (SSSR count). The second-order valence-electron chi connectivity index (χ2n) is 5.43. The van der Waals surface area contributed by atoms with E-state index in [9.17, 15) is 0 Å². The molecule has 2 aromatic rings. The van der Waals surface area contributed by atoms with Crippen LogP contribution in [0.1, 0.15) is 55.4 Å². The Morgan fingerprint density at radius 3 is 2.52 bits per heavy atom. The molecule has 4 heteroatoms. The van der Waals surface area contributed by atoms with E-state index in [-0.39, 0.29) is 6.04 Å². The summed E-state index contributed by atoms with van der Waals surface area (Å²) in [5, 5.41) is 6.93. The molecule has 4 nitrogen and oxygen atoms in total. The van der Waals surface area contributed by atoms with Crippen LogP contribution in [0.15, 0.2) is 39.6 Å². The van der Waals surface area contributed by atoms with Crippen molar-refractivity contribution in [2.45, 2.75) is 45.2 Å². The lowest BCUT2D eigenvalue weighted by Crippen LogP contribution is -2.24. The normalized spacial score (nSPS) is 14.2. The van der Waals surface area contributed by atoms with Gasteiger partial charge in [0.1, 0.15) is 11.5 Å². The minimum atomic E-state index is 0.247. The molecule has 0 aromatic carbocycles. The Labute approximate surface area is 126 Å². The third-order valence-corrected chi connectivity index (χ3v) is 3.78. The van der Waals surface area contributed by atoms with Crippen LogP contribution >= 0.6 is 0 Å². The predicted octanol–water partition coefficient (Wildman–Crippen LogP) is 3.96. The zero-order chi connectivity index (χ0) is 15.1. The van der Waals surface area contributed by atoms with Crippen molar-refractivity contribution in [2.75, 3.05) is 13.6 Å². The Bertz CT molecular complexity index is 505. The van der Waals surface area contributed by atoms with E-state index in [2.05, 4.69) is 23.6 Å². The van der Waals surface area contributed by atoms with Crippen LogP contribution in [0.3, 0.4) is 0 Å². The van der Waals surface area contributed by atoms with Crippen LogP contribution in [-0.2, 0) is 0 Å². The fourth-order valence-electron chi connectivity index (χ4n) is 2.58. The second kappa shape index (κ2) is 8.05. The van der Waals surface area contributed by atoms with Gasteiger partial charge in [0.15, 0.2) is 0 Å². The Balaban J connectivity index is 1.96. The van der Waals surface area contributed by atoms with Gasteiger partial charge in [0.05, 0.1) is 18.6 Å². The SMILES string of the molecule is CCCNC(CCC(NC)c1ccc(C)o1)c1ccoc1. The third kappa shape index (κ3) is 4.48. The number of nitrogens with one attached hydrogen (secondary N) is 2. The van der Waals surface area contributed by atoms with Crippen LogP contribution in [0.5, 0.6) is 0 Å².